The van der Waals surface area contributed by atoms with Crippen LogP contribution in [0, 0.1) is 26.2 Å². The van der Waals surface area contributed by atoms with E-state index in [2.05, 4.69) is 43.1 Å². The van der Waals surface area contributed by atoms with Gasteiger partial charge in [0.05, 0.1) is 18.3 Å². The van der Waals surface area contributed by atoms with Crippen molar-refractivity contribution >= 4 is 22.2 Å². The zero-order valence-corrected chi connectivity index (χ0v) is 23.1. The number of hydrogen-bond acceptors (Lipinski definition) is 7. The summed E-state index contributed by atoms with van der Waals surface area (Å²) in [4.78, 5) is 32.5. The van der Waals surface area contributed by atoms with Crippen LogP contribution in [0.15, 0.2) is 30.5 Å². The molecule has 3 aliphatic rings. The second-order valence-corrected chi connectivity index (χ2v) is 12.6. The number of aromatic nitrogens is 5. The number of piperidine rings is 1. The van der Waals surface area contributed by atoms with Crippen molar-refractivity contribution < 1.29 is 4.79 Å². The van der Waals surface area contributed by atoms with Crippen LogP contribution in [0.25, 0.3) is 16.3 Å². The van der Waals surface area contributed by atoms with Crippen LogP contribution in [0.4, 0.5) is 0 Å². The topological polar surface area (TPSA) is 79.5 Å². The zero-order valence-electron chi connectivity index (χ0n) is 22.3. The number of imidazole rings is 1. The fraction of sp³-hybridized carbons (Fsp3) is 0.483. The predicted octanol–water partition coefficient (Wildman–Crippen LogP) is 4.33. The number of carbonyl (C=O) groups is 1. The third-order valence-electron chi connectivity index (χ3n) is 8.65. The summed E-state index contributed by atoms with van der Waals surface area (Å²) in [5.74, 6) is 1.02. The Balaban J connectivity index is 0.956. The van der Waals surface area contributed by atoms with Gasteiger partial charge in [0.25, 0.3) is 0 Å². The molecule has 1 atom stereocenters. The summed E-state index contributed by atoms with van der Waals surface area (Å²) in [6, 6.07) is 9.35. The molecular formula is C29H33N7OS. The number of amides is 1. The number of nitrogens with zero attached hydrogens (tertiary/aromatic N) is 7. The van der Waals surface area contributed by atoms with E-state index in [9.17, 15) is 4.79 Å². The van der Waals surface area contributed by atoms with Crippen LogP contribution in [0.5, 0.6) is 0 Å². The molecule has 8 nitrogen and oxygen atoms in total. The molecule has 9 heteroatoms. The molecule has 1 aromatic carbocycles. The van der Waals surface area contributed by atoms with Crippen molar-refractivity contribution in [2.24, 2.45) is 5.41 Å². The average Bonchev–Trinajstić information content (AvgIpc) is 3.54. The van der Waals surface area contributed by atoms with Gasteiger partial charge in [0, 0.05) is 49.2 Å². The van der Waals surface area contributed by atoms with E-state index in [4.69, 9.17) is 0 Å². The van der Waals surface area contributed by atoms with Gasteiger partial charge in [0.2, 0.25) is 10.9 Å². The van der Waals surface area contributed by atoms with Crippen molar-refractivity contribution in [3.63, 3.8) is 0 Å². The van der Waals surface area contributed by atoms with Gasteiger partial charge in [-0.05, 0) is 75.1 Å². The lowest BCUT2D eigenvalue weighted by molar-refractivity contribution is -0.136. The van der Waals surface area contributed by atoms with E-state index in [0.29, 0.717) is 17.9 Å². The molecule has 3 aromatic heterocycles. The Hall–Kier alpha value is -3.17. The highest BCUT2D eigenvalue weighted by Crippen LogP contribution is 2.48. The monoisotopic (exact) mass is 527 g/mol. The lowest BCUT2D eigenvalue weighted by Crippen LogP contribution is -2.61. The second-order valence-electron chi connectivity index (χ2n) is 11.5. The molecule has 1 unspecified atom stereocenters. The largest absolute Gasteiger partial charge is 0.342 e. The summed E-state index contributed by atoms with van der Waals surface area (Å²) in [6.45, 7) is 10.0. The number of rotatable bonds is 4. The summed E-state index contributed by atoms with van der Waals surface area (Å²) in [5.41, 5.74) is 7.25. The molecule has 1 spiro atoms. The van der Waals surface area contributed by atoms with E-state index >= 15 is 0 Å². The Morgan fingerprint density at radius 1 is 1.05 bits per heavy atom. The first-order valence-electron chi connectivity index (χ1n) is 13.6. The van der Waals surface area contributed by atoms with Gasteiger partial charge in [0.15, 0.2) is 5.82 Å². The molecule has 0 radical (unpaired) electrons. The fourth-order valence-corrected chi connectivity index (χ4v) is 7.49. The molecule has 2 fully saturated rings. The minimum Gasteiger partial charge on any atom is -0.342 e. The molecule has 7 rings (SSSR count). The quantitative estimate of drug-likeness (QED) is 0.393. The number of carbonyl (C=O) groups excluding carboxylic acids is 1. The van der Waals surface area contributed by atoms with E-state index in [1.165, 1.54) is 17.5 Å². The minimum atomic E-state index is 0.187. The number of aryl methyl sites for hydroxylation is 4. The Bertz CT molecular complexity index is 1490. The number of hydrogen-bond donors (Lipinski definition) is 0. The van der Waals surface area contributed by atoms with Gasteiger partial charge in [0.1, 0.15) is 5.01 Å². The Kier molecular flexibility index (Phi) is 5.63. The molecule has 1 amide bonds. The third kappa shape index (κ3) is 4.22. The number of fused-ring (bicyclic) bond motifs is 2. The normalized spacial score (nSPS) is 20.7. The molecule has 196 valence electrons. The average molecular weight is 528 g/mol. The standard InChI is InChI=1S/C29H33N7OS/c1-18-12-19(2)31-27(30-18)22-4-6-24-21(13-22)5-7-25(24)35-16-29(17-35)8-10-34(11-9-29)26(37)14-23-15-36-28(32-23)38-20(3)33-36/h4,6,12-13,15,25H,5,7-11,14,16-17H2,1-3H3. The van der Waals surface area contributed by atoms with E-state index in [0.717, 1.165) is 83.9 Å². The molecule has 38 heavy (non-hydrogen) atoms. The Morgan fingerprint density at radius 3 is 2.55 bits per heavy atom. The number of benzene rings is 1. The first-order chi connectivity index (χ1) is 18.3. The highest BCUT2D eigenvalue weighted by Gasteiger charge is 2.48. The molecule has 2 aliphatic heterocycles. The summed E-state index contributed by atoms with van der Waals surface area (Å²) in [5, 5.41) is 5.39. The van der Waals surface area contributed by atoms with Crippen molar-refractivity contribution in [2.45, 2.75) is 58.9 Å². The van der Waals surface area contributed by atoms with E-state index in [-0.39, 0.29) is 5.91 Å². The highest BCUT2D eigenvalue weighted by atomic mass is 32.1. The summed E-state index contributed by atoms with van der Waals surface area (Å²) >= 11 is 1.56. The maximum absolute atomic E-state index is 13.0. The predicted molar refractivity (Wildman–Crippen MR) is 147 cm³/mol. The molecule has 0 saturated carbocycles. The van der Waals surface area contributed by atoms with Gasteiger partial charge < -0.3 is 4.90 Å². The molecule has 4 aromatic rings. The third-order valence-corrected chi connectivity index (χ3v) is 9.49. The first-order valence-corrected chi connectivity index (χ1v) is 14.4. The minimum absolute atomic E-state index is 0.187. The van der Waals surface area contributed by atoms with Crippen molar-refractivity contribution in [3.8, 4) is 11.4 Å². The van der Waals surface area contributed by atoms with Gasteiger partial charge in [-0.25, -0.2) is 19.5 Å². The van der Waals surface area contributed by atoms with Crippen LogP contribution >= 0.6 is 11.3 Å². The molecular weight excluding hydrogens is 494 g/mol. The number of likely N-dealkylation sites (tertiary alicyclic amines) is 2. The fourth-order valence-electron chi connectivity index (χ4n) is 6.75. The molecule has 1 aliphatic carbocycles. The smallest absolute Gasteiger partial charge is 0.228 e. The molecule has 2 saturated heterocycles. The van der Waals surface area contributed by atoms with E-state index in [1.54, 1.807) is 15.9 Å². The lowest BCUT2D eigenvalue weighted by Gasteiger charge is -2.56. The van der Waals surface area contributed by atoms with Gasteiger partial charge in [-0.15, -0.1) is 0 Å². The zero-order chi connectivity index (χ0) is 26.0. The van der Waals surface area contributed by atoms with Crippen LogP contribution in [-0.2, 0) is 17.6 Å². The van der Waals surface area contributed by atoms with Crippen molar-refractivity contribution in [3.05, 3.63) is 63.7 Å². The van der Waals surface area contributed by atoms with Crippen molar-refractivity contribution in [1.29, 1.82) is 0 Å². The summed E-state index contributed by atoms with van der Waals surface area (Å²) < 4.78 is 1.79. The first kappa shape index (κ1) is 23.9. The van der Waals surface area contributed by atoms with Crippen LogP contribution in [-0.4, -0.2) is 66.5 Å². The summed E-state index contributed by atoms with van der Waals surface area (Å²) in [7, 11) is 0. The maximum Gasteiger partial charge on any atom is 0.228 e. The second kappa shape index (κ2) is 8.95. The SMILES string of the molecule is Cc1cc(C)nc(-c2ccc3c(c2)CCC3N2CC3(CCN(C(=O)Cc4cn5nc(C)sc5n4)CC3)C2)n1. The summed E-state index contributed by atoms with van der Waals surface area (Å²) in [6.07, 6.45) is 6.74. The van der Waals surface area contributed by atoms with Crippen LogP contribution in [0.3, 0.4) is 0 Å². The Labute approximate surface area is 226 Å². The highest BCUT2D eigenvalue weighted by molar-refractivity contribution is 7.16. The van der Waals surface area contributed by atoms with Crippen molar-refractivity contribution in [1.82, 2.24) is 34.4 Å². The lowest BCUT2D eigenvalue weighted by atomic mass is 9.71. The molecule has 0 bridgehead atoms. The van der Waals surface area contributed by atoms with Crippen LogP contribution < -0.4 is 0 Å². The van der Waals surface area contributed by atoms with Gasteiger partial charge >= 0.3 is 0 Å². The molecule has 0 N–H and O–H groups in total. The Morgan fingerprint density at radius 2 is 1.82 bits per heavy atom. The van der Waals surface area contributed by atoms with Crippen LogP contribution in [0.2, 0.25) is 0 Å². The van der Waals surface area contributed by atoms with E-state index < -0.39 is 0 Å². The van der Waals surface area contributed by atoms with Gasteiger partial charge in [-0.2, -0.15) is 5.10 Å². The van der Waals surface area contributed by atoms with Crippen LogP contribution in [0.1, 0.15) is 58.5 Å². The van der Waals surface area contributed by atoms with Gasteiger partial charge in [-0.1, -0.05) is 23.5 Å². The van der Waals surface area contributed by atoms with Gasteiger partial charge in [-0.3, -0.25) is 9.69 Å². The van der Waals surface area contributed by atoms with Crippen molar-refractivity contribution in [2.75, 3.05) is 26.2 Å². The maximum atomic E-state index is 13.0. The molecule has 5 heterocycles. The van der Waals surface area contributed by atoms with E-state index in [1.807, 2.05) is 37.9 Å².